The van der Waals surface area contributed by atoms with Crippen molar-refractivity contribution in [2.75, 3.05) is 0 Å². The van der Waals surface area contributed by atoms with Gasteiger partial charge in [0.25, 0.3) is 5.91 Å². The molecule has 0 fully saturated rings. The maximum absolute atomic E-state index is 13.1. The summed E-state index contributed by atoms with van der Waals surface area (Å²) < 4.78 is 1.67. The number of carbonyl (C=O) groups excluding carboxylic acids is 1. The number of aryl methyl sites for hydroxylation is 2. The van der Waals surface area contributed by atoms with Crippen LogP contribution in [0.5, 0.6) is 0 Å². The second kappa shape index (κ2) is 8.70. The summed E-state index contributed by atoms with van der Waals surface area (Å²) >= 11 is 6.03. The first-order valence-corrected chi connectivity index (χ1v) is 10.3. The van der Waals surface area contributed by atoms with Crippen molar-refractivity contribution in [3.8, 4) is 22.6 Å². The highest BCUT2D eigenvalue weighted by molar-refractivity contribution is 6.30. The van der Waals surface area contributed by atoms with Crippen molar-refractivity contribution in [3.05, 3.63) is 88.8 Å². The predicted octanol–water partition coefficient (Wildman–Crippen LogP) is 5.00. The molecule has 0 radical (unpaired) electrons. The first-order chi connectivity index (χ1) is 14.9. The summed E-state index contributed by atoms with van der Waals surface area (Å²) in [6.07, 6.45) is 3.50. The van der Waals surface area contributed by atoms with E-state index in [0.29, 0.717) is 22.2 Å². The predicted molar refractivity (Wildman–Crippen MR) is 122 cm³/mol. The quantitative estimate of drug-likeness (QED) is 0.482. The summed E-state index contributed by atoms with van der Waals surface area (Å²) in [7, 11) is 1.82. The number of hydrogen-bond donors (Lipinski definition) is 1. The molecular formula is C24H22ClN5O. The van der Waals surface area contributed by atoms with Gasteiger partial charge in [-0.3, -0.25) is 9.48 Å². The molecule has 0 bridgehead atoms. The molecule has 1 atom stereocenters. The van der Waals surface area contributed by atoms with Gasteiger partial charge >= 0.3 is 0 Å². The first-order valence-electron chi connectivity index (χ1n) is 9.90. The fourth-order valence-electron chi connectivity index (χ4n) is 3.29. The van der Waals surface area contributed by atoms with Gasteiger partial charge in [-0.25, -0.2) is 9.97 Å². The maximum Gasteiger partial charge on any atom is 0.270 e. The minimum absolute atomic E-state index is 0.164. The normalized spacial score (nSPS) is 11.9. The third kappa shape index (κ3) is 4.81. The molecule has 0 saturated carbocycles. The van der Waals surface area contributed by atoms with Gasteiger partial charge < -0.3 is 5.32 Å². The van der Waals surface area contributed by atoms with Gasteiger partial charge in [-0.2, -0.15) is 5.10 Å². The second-order valence-corrected chi connectivity index (χ2v) is 7.92. The van der Waals surface area contributed by atoms with Crippen LogP contribution in [0, 0.1) is 6.92 Å². The summed E-state index contributed by atoms with van der Waals surface area (Å²) in [5, 5.41) is 7.87. The largest absolute Gasteiger partial charge is 0.344 e. The number of hydrogen-bond acceptors (Lipinski definition) is 4. The molecule has 4 rings (SSSR count). The van der Waals surface area contributed by atoms with Gasteiger partial charge in [-0.1, -0.05) is 53.6 Å². The molecule has 2 aromatic carbocycles. The molecule has 0 aliphatic carbocycles. The molecule has 1 N–H and O–H groups in total. The highest BCUT2D eigenvalue weighted by Gasteiger charge is 2.17. The van der Waals surface area contributed by atoms with E-state index in [2.05, 4.69) is 26.4 Å². The van der Waals surface area contributed by atoms with Crippen molar-refractivity contribution in [1.82, 2.24) is 25.1 Å². The zero-order chi connectivity index (χ0) is 22.0. The number of aromatic nitrogens is 4. The molecular weight excluding hydrogens is 410 g/mol. The Balaban J connectivity index is 1.70. The van der Waals surface area contributed by atoms with Crippen molar-refractivity contribution in [3.63, 3.8) is 0 Å². The molecule has 31 heavy (non-hydrogen) atoms. The molecule has 2 heterocycles. The fraction of sp³-hybridized carbons (Fsp3) is 0.167. The van der Waals surface area contributed by atoms with Crippen LogP contribution in [0.15, 0.2) is 67.0 Å². The zero-order valence-corrected chi connectivity index (χ0v) is 18.3. The molecule has 4 aromatic rings. The van der Waals surface area contributed by atoms with E-state index < -0.39 is 0 Å². The standard InChI is InChI=1S/C24H22ClN5O/c1-15-5-4-6-18(11-15)16(2)27-24(31)22-12-21(17-7-9-20(25)10-8-17)28-23(29-22)19-13-26-30(3)14-19/h4-14,16H,1-3H3,(H,27,31)/t16-/m0/s1. The number of benzene rings is 2. The molecule has 1 amide bonds. The average molecular weight is 432 g/mol. The van der Waals surface area contributed by atoms with E-state index in [-0.39, 0.29) is 11.9 Å². The van der Waals surface area contributed by atoms with Gasteiger partial charge in [-0.05, 0) is 37.6 Å². The average Bonchev–Trinajstić information content (AvgIpc) is 3.20. The highest BCUT2D eigenvalue weighted by atomic mass is 35.5. The molecule has 6 nitrogen and oxygen atoms in total. The molecule has 0 aliphatic rings. The van der Waals surface area contributed by atoms with Crippen LogP contribution >= 0.6 is 11.6 Å². The third-order valence-corrected chi connectivity index (χ3v) is 5.20. The van der Waals surface area contributed by atoms with Gasteiger partial charge in [0.2, 0.25) is 0 Å². The van der Waals surface area contributed by atoms with Crippen molar-refractivity contribution in [2.24, 2.45) is 7.05 Å². The smallest absolute Gasteiger partial charge is 0.270 e. The van der Waals surface area contributed by atoms with Crippen LogP contribution in [0.3, 0.4) is 0 Å². The Hall–Kier alpha value is -3.51. The Kier molecular flexibility index (Phi) is 5.82. The lowest BCUT2D eigenvalue weighted by Gasteiger charge is -2.15. The number of halogens is 1. The maximum atomic E-state index is 13.1. The van der Waals surface area contributed by atoms with Gasteiger partial charge in [0.15, 0.2) is 5.82 Å². The summed E-state index contributed by atoms with van der Waals surface area (Å²) in [5.41, 5.74) is 4.69. The van der Waals surface area contributed by atoms with E-state index in [9.17, 15) is 4.79 Å². The van der Waals surface area contributed by atoms with Crippen molar-refractivity contribution >= 4 is 17.5 Å². The third-order valence-electron chi connectivity index (χ3n) is 4.95. The van der Waals surface area contributed by atoms with Crippen LogP contribution in [-0.2, 0) is 7.05 Å². The molecule has 0 unspecified atom stereocenters. The van der Waals surface area contributed by atoms with Crippen LogP contribution in [0.1, 0.15) is 34.6 Å². The van der Waals surface area contributed by atoms with Crippen molar-refractivity contribution in [1.29, 1.82) is 0 Å². The Morgan fingerprint density at radius 1 is 1.06 bits per heavy atom. The second-order valence-electron chi connectivity index (χ2n) is 7.48. The van der Waals surface area contributed by atoms with Crippen LogP contribution < -0.4 is 5.32 Å². The van der Waals surface area contributed by atoms with Gasteiger partial charge in [0.05, 0.1) is 23.5 Å². The SMILES string of the molecule is Cc1cccc([C@H](C)NC(=O)c2cc(-c3ccc(Cl)cc3)nc(-c3cnn(C)c3)n2)c1. The number of amides is 1. The van der Waals surface area contributed by atoms with E-state index >= 15 is 0 Å². The van der Waals surface area contributed by atoms with E-state index in [1.165, 1.54) is 0 Å². The summed E-state index contributed by atoms with van der Waals surface area (Å²) in [6, 6.07) is 16.9. The highest BCUT2D eigenvalue weighted by Crippen LogP contribution is 2.24. The summed E-state index contributed by atoms with van der Waals surface area (Å²) in [4.78, 5) is 22.3. The number of carbonyl (C=O) groups is 1. The Labute approximate surface area is 185 Å². The topological polar surface area (TPSA) is 72.7 Å². The molecule has 7 heteroatoms. The van der Waals surface area contributed by atoms with Crippen molar-refractivity contribution < 1.29 is 4.79 Å². The summed E-state index contributed by atoms with van der Waals surface area (Å²) in [5.74, 6) is 0.172. The fourth-order valence-corrected chi connectivity index (χ4v) is 3.42. The zero-order valence-electron chi connectivity index (χ0n) is 17.5. The van der Waals surface area contributed by atoms with Crippen LogP contribution in [0.25, 0.3) is 22.6 Å². The van der Waals surface area contributed by atoms with Crippen molar-refractivity contribution in [2.45, 2.75) is 19.9 Å². The molecule has 2 aromatic heterocycles. The van der Waals surface area contributed by atoms with E-state index in [1.807, 2.05) is 57.4 Å². The number of nitrogens with zero attached hydrogens (tertiary/aromatic N) is 4. The molecule has 156 valence electrons. The minimum atomic E-state index is -0.267. The lowest BCUT2D eigenvalue weighted by atomic mass is 10.1. The van der Waals surface area contributed by atoms with Crippen LogP contribution in [0.4, 0.5) is 0 Å². The monoisotopic (exact) mass is 431 g/mol. The lowest BCUT2D eigenvalue weighted by Crippen LogP contribution is -2.27. The lowest BCUT2D eigenvalue weighted by molar-refractivity contribution is 0.0935. The summed E-state index contributed by atoms with van der Waals surface area (Å²) in [6.45, 7) is 3.98. The Bertz CT molecular complexity index is 1230. The molecule has 0 aliphatic heterocycles. The number of rotatable bonds is 5. The molecule has 0 spiro atoms. The van der Waals surface area contributed by atoms with Crippen LogP contribution in [-0.4, -0.2) is 25.7 Å². The van der Waals surface area contributed by atoms with Crippen LogP contribution in [0.2, 0.25) is 5.02 Å². The first kappa shape index (κ1) is 20.8. The van der Waals surface area contributed by atoms with E-state index in [1.54, 1.807) is 29.1 Å². The van der Waals surface area contributed by atoms with Gasteiger partial charge in [0.1, 0.15) is 5.69 Å². The Morgan fingerprint density at radius 3 is 2.52 bits per heavy atom. The van der Waals surface area contributed by atoms with Gasteiger partial charge in [0, 0.05) is 23.8 Å². The number of nitrogens with one attached hydrogen (secondary N) is 1. The molecule has 0 saturated heterocycles. The van der Waals surface area contributed by atoms with E-state index in [4.69, 9.17) is 11.6 Å². The van der Waals surface area contributed by atoms with Gasteiger partial charge in [-0.15, -0.1) is 0 Å². The minimum Gasteiger partial charge on any atom is -0.344 e. The van der Waals surface area contributed by atoms with E-state index in [0.717, 1.165) is 22.3 Å². The Morgan fingerprint density at radius 2 is 1.84 bits per heavy atom.